The van der Waals surface area contributed by atoms with Gasteiger partial charge in [-0.2, -0.15) is 15.4 Å². The average molecular weight is 306 g/mol. The van der Waals surface area contributed by atoms with Crippen LogP contribution in [0.4, 0.5) is 0 Å². The molecule has 7 nitrogen and oxygen atoms in total. The van der Waals surface area contributed by atoms with Crippen molar-refractivity contribution in [2.45, 2.75) is 6.54 Å². The Bertz CT molecular complexity index is 986. The number of H-pyrrole nitrogens is 1. The number of rotatable bonds is 4. The number of nitrogens with zero attached hydrogens (tertiary/aromatic N) is 4. The van der Waals surface area contributed by atoms with Crippen molar-refractivity contribution < 1.29 is 4.79 Å². The van der Waals surface area contributed by atoms with Crippen molar-refractivity contribution in [1.29, 1.82) is 0 Å². The van der Waals surface area contributed by atoms with Gasteiger partial charge in [-0.15, -0.1) is 0 Å². The highest BCUT2D eigenvalue weighted by molar-refractivity contribution is 5.97. The van der Waals surface area contributed by atoms with Gasteiger partial charge in [0.05, 0.1) is 17.4 Å². The van der Waals surface area contributed by atoms with Gasteiger partial charge in [-0.1, -0.05) is 12.1 Å². The molecule has 0 saturated heterocycles. The topological polar surface area (TPSA) is 88.5 Å². The molecule has 0 aliphatic carbocycles. The van der Waals surface area contributed by atoms with Crippen LogP contribution in [0.2, 0.25) is 0 Å². The molecule has 1 amide bonds. The third kappa shape index (κ3) is 2.52. The Balaban J connectivity index is 1.43. The number of benzene rings is 2. The number of hydrogen-bond acceptors (Lipinski definition) is 4. The molecular formula is C16H14N6O. The second-order valence-corrected chi connectivity index (χ2v) is 5.21. The Morgan fingerprint density at radius 2 is 1.96 bits per heavy atom. The Hall–Kier alpha value is -3.22. The van der Waals surface area contributed by atoms with Crippen molar-refractivity contribution in [2.75, 3.05) is 6.54 Å². The number of carbonyl (C=O) groups excluding carboxylic acids is 1. The highest BCUT2D eigenvalue weighted by Gasteiger charge is 2.08. The van der Waals surface area contributed by atoms with E-state index in [1.165, 1.54) is 0 Å². The molecule has 23 heavy (non-hydrogen) atoms. The molecular weight excluding hydrogens is 292 g/mol. The zero-order valence-electron chi connectivity index (χ0n) is 12.2. The first-order valence-corrected chi connectivity index (χ1v) is 7.30. The molecule has 4 aromatic rings. The molecule has 0 atom stereocenters. The fourth-order valence-electron chi connectivity index (χ4n) is 2.56. The Morgan fingerprint density at radius 3 is 2.91 bits per heavy atom. The normalized spacial score (nSPS) is 11.1. The maximum absolute atomic E-state index is 12.2. The molecule has 0 radical (unpaired) electrons. The Labute approximate surface area is 131 Å². The van der Waals surface area contributed by atoms with E-state index >= 15 is 0 Å². The van der Waals surface area contributed by atoms with Crippen LogP contribution in [0.25, 0.3) is 22.1 Å². The zero-order valence-corrected chi connectivity index (χ0v) is 12.2. The van der Waals surface area contributed by atoms with E-state index in [2.05, 4.69) is 25.7 Å². The number of para-hydroxylation sites is 2. The van der Waals surface area contributed by atoms with Gasteiger partial charge in [0.1, 0.15) is 11.0 Å². The minimum Gasteiger partial charge on any atom is -0.350 e. The van der Waals surface area contributed by atoms with Gasteiger partial charge in [0.15, 0.2) is 0 Å². The Kier molecular flexibility index (Phi) is 3.23. The molecule has 2 heterocycles. The van der Waals surface area contributed by atoms with Crippen LogP contribution in [-0.2, 0) is 6.54 Å². The summed E-state index contributed by atoms with van der Waals surface area (Å²) in [4.78, 5) is 16.5. The van der Waals surface area contributed by atoms with Crippen LogP contribution in [0, 0.1) is 0 Å². The van der Waals surface area contributed by atoms with E-state index in [-0.39, 0.29) is 5.91 Å². The minimum absolute atomic E-state index is 0.126. The molecule has 0 saturated carbocycles. The third-order valence-corrected chi connectivity index (χ3v) is 3.74. The lowest BCUT2D eigenvalue weighted by atomic mass is 10.2. The molecule has 0 aliphatic rings. The molecule has 0 spiro atoms. The van der Waals surface area contributed by atoms with Gasteiger partial charge in [-0.05, 0) is 30.3 Å². The largest absolute Gasteiger partial charge is 0.350 e. The summed E-state index contributed by atoms with van der Waals surface area (Å²) in [6.07, 6.45) is 1.79. The predicted molar refractivity (Wildman–Crippen MR) is 86.0 cm³/mol. The van der Waals surface area contributed by atoms with E-state index in [0.717, 1.165) is 16.6 Å². The number of hydrogen-bond donors (Lipinski definition) is 2. The lowest BCUT2D eigenvalue weighted by Crippen LogP contribution is -2.27. The quantitative estimate of drug-likeness (QED) is 0.601. The number of nitrogens with one attached hydrogen (secondary N) is 2. The van der Waals surface area contributed by atoms with E-state index in [4.69, 9.17) is 0 Å². The molecule has 0 bridgehead atoms. The van der Waals surface area contributed by atoms with Gasteiger partial charge in [0.2, 0.25) is 0 Å². The van der Waals surface area contributed by atoms with E-state index in [1.54, 1.807) is 24.5 Å². The highest BCUT2D eigenvalue weighted by atomic mass is 16.1. The Morgan fingerprint density at radius 1 is 1.09 bits per heavy atom. The molecule has 0 unspecified atom stereocenters. The second-order valence-electron chi connectivity index (χ2n) is 5.21. The van der Waals surface area contributed by atoms with Crippen molar-refractivity contribution in [2.24, 2.45) is 0 Å². The molecule has 2 N–H and O–H groups in total. The SMILES string of the molecule is O=C(NCCn1cnc2ccccc21)c1ccc2n[nH]nc2c1. The standard InChI is InChI=1S/C16H14N6O/c23-16(11-5-6-12-14(9-11)20-21-19-12)17-7-8-22-10-18-13-3-1-2-4-15(13)22/h1-6,9-10H,7-8H2,(H,17,23)(H,19,20,21). The average Bonchev–Trinajstić information content (AvgIpc) is 3.21. The summed E-state index contributed by atoms with van der Waals surface area (Å²) >= 11 is 0. The van der Waals surface area contributed by atoms with Crippen LogP contribution in [0.3, 0.4) is 0 Å². The van der Waals surface area contributed by atoms with Crippen LogP contribution in [-0.4, -0.2) is 37.4 Å². The molecule has 2 aromatic heterocycles. The van der Waals surface area contributed by atoms with Crippen LogP contribution in [0.15, 0.2) is 48.8 Å². The summed E-state index contributed by atoms with van der Waals surface area (Å²) in [7, 11) is 0. The van der Waals surface area contributed by atoms with Gasteiger partial charge in [0, 0.05) is 18.7 Å². The molecule has 4 rings (SSSR count). The van der Waals surface area contributed by atoms with Crippen molar-refractivity contribution in [1.82, 2.24) is 30.3 Å². The number of amides is 1. The predicted octanol–water partition coefficient (Wildman–Crippen LogP) is 1.74. The van der Waals surface area contributed by atoms with Crippen molar-refractivity contribution in [3.05, 3.63) is 54.4 Å². The molecule has 0 fully saturated rings. The van der Waals surface area contributed by atoms with Gasteiger partial charge in [0.25, 0.3) is 5.91 Å². The smallest absolute Gasteiger partial charge is 0.251 e. The second kappa shape index (κ2) is 5.53. The van der Waals surface area contributed by atoms with Crippen LogP contribution in [0.5, 0.6) is 0 Å². The number of aromatic nitrogens is 5. The van der Waals surface area contributed by atoms with E-state index < -0.39 is 0 Å². The molecule has 2 aromatic carbocycles. The molecule has 7 heteroatoms. The highest BCUT2D eigenvalue weighted by Crippen LogP contribution is 2.12. The zero-order chi connectivity index (χ0) is 15.6. The minimum atomic E-state index is -0.126. The van der Waals surface area contributed by atoms with E-state index in [0.29, 0.717) is 24.2 Å². The molecule has 114 valence electrons. The van der Waals surface area contributed by atoms with Gasteiger partial charge in [-0.25, -0.2) is 4.98 Å². The summed E-state index contributed by atoms with van der Waals surface area (Å²) in [5.41, 5.74) is 4.01. The first-order chi connectivity index (χ1) is 11.3. The first-order valence-electron chi connectivity index (χ1n) is 7.30. The first kappa shape index (κ1) is 13.4. The lowest BCUT2D eigenvalue weighted by molar-refractivity contribution is 0.0952. The van der Waals surface area contributed by atoms with Gasteiger partial charge >= 0.3 is 0 Å². The maximum Gasteiger partial charge on any atom is 0.251 e. The van der Waals surface area contributed by atoms with E-state index in [9.17, 15) is 4.79 Å². The van der Waals surface area contributed by atoms with E-state index in [1.807, 2.05) is 28.8 Å². The van der Waals surface area contributed by atoms with Crippen LogP contribution >= 0.6 is 0 Å². The number of fused-ring (bicyclic) bond motifs is 2. The monoisotopic (exact) mass is 306 g/mol. The fourth-order valence-corrected chi connectivity index (χ4v) is 2.56. The number of aromatic amines is 1. The van der Waals surface area contributed by atoms with Crippen LogP contribution < -0.4 is 5.32 Å². The van der Waals surface area contributed by atoms with Crippen molar-refractivity contribution in [3.8, 4) is 0 Å². The molecule has 0 aliphatic heterocycles. The van der Waals surface area contributed by atoms with Gasteiger partial charge in [-0.3, -0.25) is 4.79 Å². The summed E-state index contributed by atoms with van der Waals surface area (Å²) in [5.74, 6) is -0.126. The number of carbonyl (C=O) groups is 1. The summed E-state index contributed by atoms with van der Waals surface area (Å²) < 4.78 is 2.02. The lowest BCUT2D eigenvalue weighted by Gasteiger charge is -2.07. The summed E-state index contributed by atoms with van der Waals surface area (Å²) in [6, 6.07) is 13.2. The van der Waals surface area contributed by atoms with Crippen molar-refractivity contribution in [3.63, 3.8) is 0 Å². The van der Waals surface area contributed by atoms with Gasteiger partial charge < -0.3 is 9.88 Å². The summed E-state index contributed by atoms with van der Waals surface area (Å²) in [5, 5.41) is 13.4. The number of imidazole rings is 1. The third-order valence-electron chi connectivity index (χ3n) is 3.74. The van der Waals surface area contributed by atoms with Crippen LogP contribution in [0.1, 0.15) is 10.4 Å². The fraction of sp³-hybridized carbons (Fsp3) is 0.125. The maximum atomic E-state index is 12.2. The summed E-state index contributed by atoms with van der Waals surface area (Å²) in [6.45, 7) is 1.19. The van der Waals surface area contributed by atoms with Crippen molar-refractivity contribution >= 4 is 28.0 Å².